The lowest BCUT2D eigenvalue weighted by Gasteiger charge is -2.17. The second-order valence-corrected chi connectivity index (χ2v) is 4.53. The molecule has 18 heavy (non-hydrogen) atoms. The van der Waals surface area contributed by atoms with E-state index in [0.717, 1.165) is 0 Å². The van der Waals surface area contributed by atoms with Gasteiger partial charge >= 0.3 is 6.61 Å². The smallest absolute Gasteiger partial charge is 0.387 e. The van der Waals surface area contributed by atoms with Gasteiger partial charge in [-0.25, -0.2) is 8.78 Å². The highest BCUT2D eigenvalue weighted by Crippen LogP contribution is 2.61. The van der Waals surface area contributed by atoms with Crippen molar-refractivity contribution in [3.8, 4) is 5.75 Å². The topological polar surface area (TPSA) is 35.2 Å². The van der Waals surface area contributed by atoms with E-state index < -0.39 is 17.9 Å². The molecule has 1 aromatic rings. The molecule has 1 aliphatic carbocycles. The Morgan fingerprint density at radius 1 is 1.39 bits per heavy atom. The number of alkyl halides is 4. The van der Waals surface area contributed by atoms with Crippen LogP contribution in [0.15, 0.2) is 18.2 Å². The number of nitrogens with two attached hydrogens (primary N) is 1. The van der Waals surface area contributed by atoms with E-state index in [0.29, 0.717) is 5.56 Å². The fraction of sp³-hybridized carbons (Fsp3) is 0.500. The Morgan fingerprint density at radius 3 is 2.44 bits per heavy atom. The fourth-order valence-electron chi connectivity index (χ4n) is 2.11. The molecule has 1 fully saturated rings. The van der Waals surface area contributed by atoms with Crippen LogP contribution in [0.3, 0.4) is 0 Å². The van der Waals surface area contributed by atoms with Crippen molar-refractivity contribution in [2.24, 2.45) is 5.73 Å². The predicted octanol–water partition coefficient (Wildman–Crippen LogP) is 2.83. The number of halogens is 4. The predicted molar refractivity (Wildman–Crippen MR) is 58.1 cm³/mol. The minimum atomic E-state index is -2.98. The third kappa shape index (κ3) is 1.94. The van der Waals surface area contributed by atoms with Crippen molar-refractivity contribution < 1.29 is 22.3 Å². The molecule has 2 rings (SSSR count). The van der Waals surface area contributed by atoms with Gasteiger partial charge in [-0.3, -0.25) is 0 Å². The van der Waals surface area contributed by atoms with Crippen molar-refractivity contribution in [2.75, 3.05) is 6.54 Å². The molecular weight excluding hydrogens is 250 g/mol. The van der Waals surface area contributed by atoms with Crippen LogP contribution in [0, 0.1) is 6.92 Å². The average Bonchev–Trinajstić information content (AvgIpc) is 2.85. The summed E-state index contributed by atoms with van der Waals surface area (Å²) < 4.78 is 55.4. The van der Waals surface area contributed by atoms with Gasteiger partial charge in [-0.15, -0.1) is 0 Å². The molecule has 1 atom stereocenters. The standard InChI is InChI=1S/C12H13F4NO/c1-7-2-3-8(4-9(7)18-10(13)14)11(6-17)5-12(11,15)16/h2-4,10H,5-6,17H2,1H3. The van der Waals surface area contributed by atoms with Gasteiger partial charge < -0.3 is 10.5 Å². The minimum absolute atomic E-state index is 0.0852. The first-order valence-electron chi connectivity index (χ1n) is 5.46. The van der Waals surface area contributed by atoms with Crippen LogP contribution in [-0.4, -0.2) is 19.1 Å². The van der Waals surface area contributed by atoms with Crippen LogP contribution in [0.1, 0.15) is 17.5 Å². The summed E-state index contributed by atoms with van der Waals surface area (Å²) >= 11 is 0. The average molecular weight is 263 g/mol. The largest absolute Gasteiger partial charge is 0.435 e. The Hall–Kier alpha value is -1.30. The minimum Gasteiger partial charge on any atom is -0.435 e. The van der Waals surface area contributed by atoms with Gasteiger partial charge in [0.1, 0.15) is 5.75 Å². The lowest BCUT2D eigenvalue weighted by atomic mass is 9.94. The first-order valence-corrected chi connectivity index (χ1v) is 5.46. The first-order chi connectivity index (χ1) is 8.32. The Kier molecular flexibility index (Phi) is 3.01. The maximum absolute atomic E-state index is 13.4. The summed E-state index contributed by atoms with van der Waals surface area (Å²) in [6, 6.07) is 4.20. The first kappa shape index (κ1) is 13.1. The highest BCUT2D eigenvalue weighted by atomic mass is 19.3. The zero-order chi connectivity index (χ0) is 13.6. The van der Waals surface area contributed by atoms with E-state index in [1.807, 2.05) is 0 Å². The van der Waals surface area contributed by atoms with Crippen molar-refractivity contribution in [3.05, 3.63) is 29.3 Å². The third-order valence-electron chi connectivity index (χ3n) is 3.40. The molecule has 100 valence electrons. The van der Waals surface area contributed by atoms with Gasteiger partial charge in [-0.05, 0) is 24.1 Å². The zero-order valence-electron chi connectivity index (χ0n) is 9.72. The van der Waals surface area contributed by atoms with Crippen molar-refractivity contribution in [1.29, 1.82) is 0 Å². The highest BCUT2D eigenvalue weighted by Gasteiger charge is 2.71. The lowest BCUT2D eigenvalue weighted by molar-refractivity contribution is -0.0503. The van der Waals surface area contributed by atoms with E-state index in [9.17, 15) is 17.6 Å². The maximum atomic E-state index is 13.4. The van der Waals surface area contributed by atoms with E-state index in [-0.39, 0.29) is 24.3 Å². The molecular formula is C12H13F4NO. The summed E-state index contributed by atoms with van der Waals surface area (Å²) in [4.78, 5) is 0. The van der Waals surface area contributed by atoms with Crippen LogP contribution >= 0.6 is 0 Å². The van der Waals surface area contributed by atoms with E-state index >= 15 is 0 Å². The maximum Gasteiger partial charge on any atom is 0.387 e. The Bertz CT molecular complexity index is 463. The molecule has 0 spiro atoms. The van der Waals surface area contributed by atoms with Crippen LogP contribution in [0.25, 0.3) is 0 Å². The molecule has 0 bridgehead atoms. The van der Waals surface area contributed by atoms with Gasteiger partial charge in [0.15, 0.2) is 0 Å². The molecule has 2 N–H and O–H groups in total. The second kappa shape index (κ2) is 4.12. The number of aryl methyl sites for hydroxylation is 1. The van der Waals surface area contributed by atoms with Crippen LogP contribution < -0.4 is 10.5 Å². The summed E-state index contributed by atoms with van der Waals surface area (Å²) in [5, 5.41) is 0. The normalized spacial score (nSPS) is 25.3. The number of hydrogen-bond donors (Lipinski definition) is 1. The van der Waals surface area contributed by atoms with Crippen LogP contribution in [0.5, 0.6) is 5.75 Å². The van der Waals surface area contributed by atoms with Gasteiger partial charge in [0.25, 0.3) is 5.92 Å². The summed E-state index contributed by atoms with van der Waals surface area (Å²) in [6.07, 6.45) is -0.353. The molecule has 1 unspecified atom stereocenters. The van der Waals surface area contributed by atoms with E-state index in [2.05, 4.69) is 4.74 Å². The van der Waals surface area contributed by atoms with Gasteiger partial charge in [0.2, 0.25) is 0 Å². The second-order valence-electron chi connectivity index (χ2n) is 4.53. The summed E-state index contributed by atoms with van der Waals surface area (Å²) in [5.41, 5.74) is 4.68. The molecule has 1 aliphatic rings. The van der Waals surface area contributed by atoms with Crippen molar-refractivity contribution in [1.82, 2.24) is 0 Å². The number of benzene rings is 1. The molecule has 0 saturated heterocycles. The van der Waals surface area contributed by atoms with Crippen LogP contribution in [-0.2, 0) is 5.41 Å². The SMILES string of the molecule is Cc1ccc(C2(CN)CC2(F)F)cc1OC(F)F. The third-order valence-corrected chi connectivity index (χ3v) is 3.40. The quantitative estimate of drug-likeness (QED) is 0.848. The molecule has 0 radical (unpaired) electrons. The Morgan fingerprint density at radius 2 is 2.00 bits per heavy atom. The van der Waals surface area contributed by atoms with Gasteiger partial charge in [-0.2, -0.15) is 8.78 Å². The van der Waals surface area contributed by atoms with Crippen molar-refractivity contribution in [3.63, 3.8) is 0 Å². The summed E-state index contributed by atoms with van der Waals surface area (Å²) in [7, 11) is 0. The van der Waals surface area contributed by atoms with Gasteiger partial charge in [0, 0.05) is 13.0 Å². The Labute approximate surface area is 102 Å². The molecule has 2 nitrogen and oxygen atoms in total. The number of ether oxygens (including phenoxy) is 1. The molecule has 1 aromatic carbocycles. The zero-order valence-corrected chi connectivity index (χ0v) is 9.72. The summed E-state index contributed by atoms with van der Waals surface area (Å²) in [5.74, 6) is -2.96. The van der Waals surface area contributed by atoms with E-state index in [4.69, 9.17) is 5.73 Å². The molecule has 0 aromatic heterocycles. The molecule has 0 heterocycles. The van der Waals surface area contributed by atoms with Gasteiger partial charge in [-0.1, -0.05) is 12.1 Å². The molecule has 0 amide bonds. The highest BCUT2D eigenvalue weighted by molar-refractivity contribution is 5.45. The van der Waals surface area contributed by atoms with E-state index in [1.54, 1.807) is 6.92 Å². The summed E-state index contributed by atoms with van der Waals surface area (Å²) in [6.45, 7) is -1.63. The molecule has 6 heteroatoms. The number of rotatable bonds is 4. The van der Waals surface area contributed by atoms with Crippen LogP contribution in [0.2, 0.25) is 0 Å². The Balaban J connectivity index is 2.36. The van der Waals surface area contributed by atoms with Gasteiger partial charge in [0.05, 0.1) is 5.41 Å². The van der Waals surface area contributed by atoms with Crippen LogP contribution in [0.4, 0.5) is 17.6 Å². The lowest BCUT2D eigenvalue weighted by Crippen LogP contribution is -2.26. The molecule has 0 aliphatic heterocycles. The number of hydrogen-bond acceptors (Lipinski definition) is 2. The fourth-order valence-corrected chi connectivity index (χ4v) is 2.11. The van der Waals surface area contributed by atoms with E-state index in [1.165, 1.54) is 18.2 Å². The van der Waals surface area contributed by atoms with Crippen molar-refractivity contribution in [2.45, 2.75) is 31.3 Å². The molecule has 1 saturated carbocycles. The van der Waals surface area contributed by atoms with Crippen molar-refractivity contribution >= 4 is 0 Å². The monoisotopic (exact) mass is 263 g/mol.